The summed E-state index contributed by atoms with van der Waals surface area (Å²) in [5.74, 6) is 0.637. The molecular weight excluding hydrogens is 240 g/mol. The zero-order chi connectivity index (χ0) is 11.8. The van der Waals surface area contributed by atoms with E-state index in [4.69, 9.17) is 4.74 Å². The first-order valence-corrected chi connectivity index (χ1v) is 5.34. The van der Waals surface area contributed by atoms with Crippen LogP contribution in [0.4, 0.5) is 0 Å². The van der Waals surface area contributed by atoms with Gasteiger partial charge in [0, 0.05) is 12.1 Å². The molecule has 0 aliphatic heterocycles. The summed E-state index contributed by atoms with van der Waals surface area (Å²) in [6.45, 7) is 1.58. The summed E-state index contributed by atoms with van der Waals surface area (Å²) >= 11 is 0. The SMILES string of the molecule is CNCCCNC(=O)c1cccc(OC)c1.Cl. The normalized spacial score (nSPS) is 9.29. The average Bonchev–Trinajstić information content (AvgIpc) is 2.34. The second-order valence-corrected chi connectivity index (χ2v) is 3.44. The van der Waals surface area contributed by atoms with Crippen LogP contribution in [0.15, 0.2) is 24.3 Å². The van der Waals surface area contributed by atoms with Crippen molar-refractivity contribution in [3.8, 4) is 5.75 Å². The van der Waals surface area contributed by atoms with Gasteiger partial charge < -0.3 is 15.4 Å². The number of ether oxygens (including phenoxy) is 1. The maximum atomic E-state index is 11.7. The van der Waals surface area contributed by atoms with Gasteiger partial charge in [-0.25, -0.2) is 0 Å². The minimum Gasteiger partial charge on any atom is -0.497 e. The van der Waals surface area contributed by atoms with Gasteiger partial charge >= 0.3 is 0 Å². The smallest absolute Gasteiger partial charge is 0.251 e. The van der Waals surface area contributed by atoms with Crippen LogP contribution in [0, 0.1) is 0 Å². The molecule has 0 heterocycles. The first-order chi connectivity index (χ1) is 7.77. The summed E-state index contributed by atoms with van der Waals surface area (Å²) in [5, 5.41) is 5.88. The molecule has 0 unspecified atom stereocenters. The third-order valence-corrected chi connectivity index (χ3v) is 2.22. The Morgan fingerprint density at radius 1 is 1.35 bits per heavy atom. The van der Waals surface area contributed by atoms with Crippen molar-refractivity contribution >= 4 is 18.3 Å². The van der Waals surface area contributed by atoms with Crippen molar-refractivity contribution in [2.45, 2.75) is 6.42 Å². The van der Waals surface area contributed by atoms with E-state index in [0.29, 0.717) is 17.9 Å². The van der Waals surface area contributed by atoms with Crippen molar-refractivity contribution in [2.24, 2.45) is 0 Å². The Bertz CT molecular complexity index is 345. The van der Waals surface area contributed by atoms with E-state index in [9.17, 15) is 4.79 Å². The van der Waals surface area contributed by atoms with Crippen LogP contribution in [-0.2, 0) is 0 Å². The predicted octanol–water partition coefficient (Wildman–Crippen LogP) is 1.46. The summed E-state index contributed by atoms with van der Waals surface area (Å²) in [6.07, 6.45) is 0.923. The summed E-state index contributed by atoms with van der Waals surface area (Å²) in [4.78, 5) is 11.7. The lowest BCUT2D eigenvalue weighted by atomic mass is 10.2. The van der Waals surface area contributed by atoms with Gasteiger partial charge in [0.25, 0.3) is 5.91 Å². The van der Waals surface area contributed by atoms with E-state index in [2.05, 4.69) is 10.6 Å². The second kappa shape index (κ2) is 8.84. The molecule has 0 atom stereocenters. The number of carbonyl (C=O) groups excluding carboxylic acids is 1. The van der Waals surface area contributed by atoms with Gasteiger partial charge in [0.2, 0.25) is 0 Å². The molecule has 1 amide bonds. The fourth-order valence-electron chi connectivity index (χ4n) is 1.33. The number of nitrogens with one attached hydrogen (secondary N) is 2. The number of amides is 1. The summed E-state index contributed by atoms with van der Waals surface area (Å²) in [6, 6.07) is 7.13. The maximum absolute atomic E-state index is 11.7. The molecular formula is C12H19ClN2O2. The number of hydrogen-bond acceptors (Lipinski definition) is 3. The number of rotatable bonds is 6. The van der Waals surface area contributed by atoms with Crippen LogP contribution in [0.5, 0.6) is 5.75 Å². The van der Waals surface area contributed by atoms with E-state index in [0.717, 1.165) is 13.0 Å². The van der Waals surface area contributed by atoms with Crippen molar-refractivity contribution in [1.82, 2.24) is 10.6 Å². The molecule has 96 valence electrons. The van der Waals surface area contributed by atoms with E-state index in [-0.39, 0.29) is 18.3 Å². The summed E-state index contributed by atoms with van der Waals surface area (Å²) in [5.41, 5.74) is 0.629. The van der Waals surface area contributed by atoms with Crippen LogP contribution in [0.1, 0.15) is 16.8 Å². The quantitative estimate of drug-likeness (QED) is 0.760. The van der Waals surface area contributed by atoms with E-state index in [1.165, 1.54) is 0 Å². The van der Waals surface area contributed by atoms with Crippen molar-refractivity contribution < 1.29 is 9.53 Å². The average molecular weight is 259 g/mol. The fraction of sp³-hybridized carbons (Fsp3) is 0.417. The largest absolute Gasteiger partial charge is 0.497 e. The van der Waals surface area contributed by atoms with Crippen LogP contribution in [-0.4, -0.2) is 33.2 Å². The first-order valence-electron chi connectivity index (χ1n) is 5.34. The molecule has 5 heteroatoms. The maximum Gasteiger partial charge on any atom is 0.251 e. The van der Waals surface area contributed by atoms with Crippen LogP contribution >= 0.6 is 12.4 Å². The van der Waals surface area contributed by atoms with Gasteiger partial charge in [-0.05, 0) is 38.2 Å². The second-order valence-electron chi connectivity index (χ2n) is 3.44. The van der Waals surface area contributed by atoms with Crippen LogP contribution in [0.2, 0.25) is 0 Å². The van der Waals surface area contributed by atoms with E-state index >= 15 is 0 Å². The highest BCUT2D eigenvalue weighted by atomic mass is 35.5. The summed E-state index contributed by atoms with van der Waals surface area (Å²) < 4.78 is 5.06. The third kappa shape index (κ3) is 5.56. The van der Waals surface area contributed by atoms with Crippen molar-refractivity contribution in [3.05, 3.63) is 29.8 Å². The molecule has 17 heavy (non-hydrogen) atoms. The van der Waals surface area contributed by atoms with Crippen molar-refractivity contribution in [3.63, 3.8) is 0 Å². The highest BCUT2D eigenvalue weighted by Crippen LogP contribution is 2.12. The molecule has 0 radical (unpaired) electrons. The predicted molar refractivity (Wildman–Crippen MR) is 71.1 cm³/mol. The Balaban J connectivity index is 0.00000256. The summed E-state index contributed by atoms with van der Waals surface area (Å²) in [7, 11) is 3.48. The van der Waals surface area contributed by atoms with Crippen molar-refractivity contribution in [1.29, 1.82) is 0 Å². The standard InChI is InChI=1S/C12H18N2O2.ClH/c1-13-7-4-8-14-12(15)10-5-3-6-11(9-10)16-2;/h3,5-6,9,13H,4,7-8H2,1-2H3,(H,14,15);1H. The molecule has 1 aromatic carbocycles. The molecule has 0 bridgehead atoms. The Morgan fingerprint density at radius 3 is 2.76 bits per heavy atom. The highest BCUT2D eigenvalue weighted by molar-refractivity contribution is 5.94. The molecule has 0 aromatic heterocycles. The number of carbonyl (C=O) groups is 1. The van der Waals surface area contributed by atoms with Crippen LogP contribution < -0.4 is 15.4 Å². The van der Waals surface area contributed by atoms with Gasteiger partial charge in [-0.1, -0.05) is 6.07 Å². The molecule has 2 N–H and O–H groups in total. The Hall–Kier alpha value is -1.26. The van der Waals surface area contributed by atoms with Crippen molar-refractivity contribution in [2.75, 3.05) is 27.2 Å². The lowest BCUT2D eigenvalue weighted by Crippen LogP contribution is -2.26. The first kappa shape index (κ1) is 15.7. The zero-order valence-corrected chi connectivity index (χ0v) is 11.0. The van der Waals surface area contributed by atoms with Gasteiger partial charge in [-0.2, -0.15) is 0 Å². The zero-order valence-electron chi connectivity index (χ0n) is 10.2. The van der Waals surface area contributed by atoms with E-state index in [1.54, 1.807) is 25.3 Å². The molecule has 1 rings (SSSR count). The Labute approximate surface area is 108 Å². The molecule has 4 nitrogen and oxygen atoms in total. The Morgan fingerprint density at radius 2 is 2.12 bits per heavy atom. The minimum atomic E-state index is -0.0602. The molecule has 0 fully saturated rings. The van der Waals surface area contributed by atoms with E-state index in [1.807, 2.05) is 13.1 Å². The number of hydrogen-bond donors (Lipinski definition) is 2. The monoisotopic (exact) mass is 258 g/mol. The fourth-order valence-corrected chi connectivity index (χ4v) is 1.33. The molecule has 0 aliphatic carbocycles. The molecule has 0 spiro atoms. The lowest BCUT2D eigenvalue weighted by Gasteiger charge is -2.06. The third-order valence-electron chi connectivity index (χ3n) is 2.22. The number of halogens is 1. The number of benzene rings is 1. The molecule has 0 aliphatic rings. The molecule has 0 saturated heterocycles. The lowest BCUT2D eigenvalue weighted by molar-refractivity contribution is 0.0953. The highest BCUT2D eigenvalue weighted by Gasteiger charge is 2.04. The minimum absolute atomic E-state index is 0. The number of methoxy groups -OCH3 is 1. The van der Waals surface area contributed by atoms with Crippen LogP contribution in [0.3, 0.4) is 0 Å². The van der Waals surface area contributed by atoms with Gasteiger partial charge in [0.05, 0.1) is 7.11 Å². The Kier molecular flexibility index (Phi) is 8.19. The molecule has 0 saturated carbocycles. The van der Waals surface area contributed by atoms with Crippen LogP contribution in [0.25, 0.3) is 0 Å². The molecule has 1 aromatic rings. The van der Waals surface area contributed by atoms with Gasteiger partial charge in [0.15, 0.2) is 0 Å². The van der Waals surface area contributed by atoms with Gasteiger partial charge in [-0.15, -0.1) is 12.4 Å². The van der Waals surface area contributed by atoms with Gasteiger partial charge in [0.1, 0.15) is 5.75 Å². The topological polar surface area (TPSA) is 50.4 Å². The van der Waals surface area contributed by atoms with Gasteiger partial charge in [-0.3, -0.25) is 4.79 Å². The van der Waals surface area contributed by atoms with E-state index < -0.39 is 0 Å².